The van der Waals surface area contributed by atoms with Crippen molar-refractivity contribution in [2.45, 2.75) is 25.7 Å². The number of carbonyl (C=O) groups excluding carboxylic acids is 1. The van der Waals surface area contributed by atoms with E-state index in [0.29, 0.717) is 10.6 Å². The second-order valence-electron chi connectivity index (χ2n) is 4.54. The first-order valence-corrected chi connectivity index (χ1v) is 6.20. The molecule has 0 aromatic heterocycles. The number of Topliss-reactive ketones (excluding diaryl/α,β-unsaturated/α-hetero) is 1. The van der Waals surface area contributed by atoms with Crippen molar-refractivity contribution in [3.63, 3.8) is 0 Å². The Kier molecular flexibility index (Phi) is 5.90. The molecule has 3 N–H and O–H groups in total. The Bertz CT molecular complexity index is 578. The smallest absolute Gasteiger partial charge is 0.310 e. The summed E-state index contributed by atoms with van der Waals surface area (Å²) >= 11 is 0. The third kappa shape index (κ3) is 4.20. The van der Waals surface area contributed by atoms with Crippen LogP contribution in [-0.2, 0) is 11.2 Å². The van der Waals surface area contributed by atoms with Crippen LogP contribution in [0.15, 0.2) is 23.5 Å². The zero-order chi connectivity index (χ0) is 16.9. The van der Waals surface area contributed by atoms with E-state index in [1.807, 2.05) is 0 Å². The van der Waals surface area contributed by atoms with Gasteiger partial charge in [-0.1, -0.05) is 6.07 Å². The Balaban J connectivity index is 2.79. The number of rotatable bonds is 8. The molecule has 0 amide bonds. The van der Waals surface area contributed by atoms with Crippen molar-refractivity contribution >= 4 is 11.5 Å². The minimum atomic E-state index is -1.80. The standard InChI is InChI=1S/C12H15N3O7/c1-7(16)11(18)12(19)14(13-20)5-4-8-2-3-10(17)9(6-8)15(21)22/h2-3,6,11-12,17-19H,4-5H2,1H3/t11-,12+/m1/s1. The summed E-state index contributed by atoms with van der Waals surface area (Å²) in [7, 11) is 0. The van der Waals surface area contributed by atoms with E-state index >= 15 is 0 Å². The van der Waals surface area contributed by atoms with Gasteiger partial charge in [0.25, 0.3) is 0 Å². The molecule has 0 aliphatic rings. The largest absolute Gasteiger partial charge is 0.502 e. The number of phenols is 1. The van der Waals surface area contributed by atoms with E-state index in [2.05, 4.69) is 5.29 Å². The number of phenolic OH excluding ortho intramolecular Hbond substituents is 1. The van der Waals surface area contributed by atoms with Crippen LogP contribution in [0, 0.1) is 15.0 Å². The number of benzene rings is 1. The average Bonchev–Trinajstić information content (AvgIpc) is 2.47. The number of aromatic hydroxyl groups is 1. The molecular weight excluding hydrogens is 298 g/mol. The molecule has 0 aliphatic heterocycles. The van der Waals surface area contributed by atoms with E-state index in [1.54, 1.807) is 0 Å². The summed E-state index contributed by atoms with van der Waals surface area (Å²) in [5.41, 5.74) is -0.0879. The van der Waals surface area contributed by atoms with Crippen molar-refractivity contribution < 1.29 is 25.0 Å². The molecule has 2 atom stereocenters. The molecule has 0 unspecified atom stereocenters. The van der Waals surface area contributed by atoms with Crippen molar-refractivity contribution in [1.29, 1.82) is 0 Å². The molecule has 22 heavy (non-hydrogen) atoms. The van der Waals surface area contributed by atoms with Gasteiger partial charge in [0.1, 0.15) is 0 Å². The molecule has 0 radical (unpaired) electrons. The molecule has 0 heterocycles. The first-order valence-electron chi connectivity index (χ1n) is 6.20. The highest BCUT2D eigenvalue weighted by Crippen LogP contribution is 2.26. The quantitative estimate of drug-likeness (QED) is 0.264. The summed E-state index contributed by atoms with van der Waals surface area (Å²) < 4.78 is 0. The Morgan fingerprint density at radius 3 is 2.59 bits per heavy atom. The first kappa shape index (κ1) is 17.5. The summed E-state index contributed by atoms with van der Waals surface area (Å²) in [6.45, 7) is 0.858. The number of nitro groups is 1. The van der Waals surface area contributed by atoms with Crippen LogP contribution < -0.4 is 0 Å². The first-order chi connectivity index (χ1) is 10.3. The molecule has 120 valence electrons. The summed E-state index contributed by atoms with van der Waals surface area (Å²) in [4.78, 5) is 31.6. The minimum Gasteiger partial charge on any atom is -0.502 e. The predicted octanol–water partition coefficient (Wildman–Crippen LogP) is 0.0946. The zero-order valence-electron chi connectivity index (χ0n) is 11.6. The van der Waals surface area contributed by atoms with Gasteiger partial charge in [0.2, 0.25) is 0 Å². The normalized spacial score (nSPS) is 13.2. The van der Waals surface area contributed by atoms with Gasteiger partial charge in [0.05, 0.1) is 10.2 Å². The maximum Gasteiger partial charge on any atom is 0.310 e. The van der Waals surface area contributed by atoms with Crippen molar-refractivity contribution in [2.24, 2.45) is 5.29 Å². The molecule has 1 aromatic carbocycles. The number of nitrogens with zero attached hydrogens (tertiary/aromatic N) is 3. The highest BCUT2D eigenvalue weighted by atomic mass is 16.6. The number of hydrogen-bond donors (Lipinski definition) is 3. The molecule has 10 nitrogen and oxygen atoms in total. The molecule has 0 saturated carbocycles. The van der Waals surface area contributed by atoms with Crippen molar-refractivity contribution in [2.75, 3.05) is 6.54 Å². The third-order valence-electron chi connectivity index (χ3n) is 2.98. The molecule has 0 aliphatic carbocycles. The summed E-state index contributed by atoms with van der Waals surface area (Å²) in [5, 5.41) is 42.1. The van der Waals surface area contributed by atoms with Crippen molar-refractivity contribution in [3.8, 4) is 5.75 Å². The monoisotopic (exact) mass is 313 g/mol. The highest BCUT2D eigenvalue weighted by molar-refractivity contribution is 5.80. The zero-order valence-corrected chi connectivity index (χ0v) is 11.6. The molecule has 0 saturated heterocycles. The van der Waals surface area contributed by atoms with E-state index < -0.39 is 34.5 Å². The van der Waals surface area contributed by atoms with Gasteiger partial charge >= 0.3 is 5.69 Å². The van der Waals surface area contributed by atoms with Crippen LogP contribution in [-0.4, -0.2) is 49.9 Å². The van der Waals surface area contributed by atoms with Crippen LogP contribution in [0.25, 0.3) is 0 Å². The molecule has 0 spiro atoms. The van der Waals surface area contributed by atoms with Crippen LogP contribution in [0.5, 0.6) is 5.75 Å². The predicted molar refractivity (Wildman–Crippen MR) is 73.7 cm³/mol. The molecule has 0 fully saturated rings. The number of nitroso groups, excluding NO2 is 1. The molecule has 0 bridgehead atoms. The average molecular weight is 313 g/mol. The fourth-order valence-electron chi connectivity index (χ4n) is 1.71. The van der Waals surface area contributed by atoms with Crippen LogP contribution in [0.3, 0.4) is 0 Å². The van der Waals surface area contributed by atoms with E-state index in [0.717, 1.165) is 19.1 Å². The van der Waals surface area contributed by atoms with Gasteiger partial charge in [0, 0.05) is 12.6 Å². The van der Waals surface area contributed by atoms with E-state index in [-0.39, 0.29) is 13.0 Å². The summed E-state index contributed by atoms with van der Waals surface area (Å²) in [5.74, 6) is -1.23. The van der Waals surface area contributed by atoms with Crippen LogP contribution in [0.4, 0.5) is 5.69 Å². The number of aliphatic hydroxyl groups excluding tert-OH is 2. The molecule has 1 aromatic rings. The number of nitro benzene ring substituents is 1. The van der Waals surface area contributed by atoms with Crippen LogP contribution in [0.2, 0.25) is 0 Å². The SMILES string of the molecule is CC(=O)[C@@H](O)[C@H](O)N(CCc1ccc(O)c([N+](=O)[O-])c1)N=O. The lowest BCUT2D eigenvalue weighted by Crippen LogP contribution is -2.44. The topological polar surface area (TPSA) is 154 Å². The van der Waals surface area contributed by atoms with E-state index in [4.69, 9.17) is 0 Å². The van der Waals surface area contributed by atoms with Crippen molar-refractivity contribution in [1.82, 2.24) is 5.01 Å². The van der Waals surface area contributed by atoms with Gasteiger partial charge in [-0.15, -0.1) is 4.91 Å². The van der Waals surface area contributed by atoms with Gasteiger partial charge < -0.3 is 15.3 Å². The summed E-state index contributed by atoms with van der Waals surface area (Å²) in [6.07, 6.45) is -3.52. The van der Waals surface area contributed by atoms with E-state index in [9.17, 15) is 35.1 Å². The molecule has 10 heteroatoms. The maximum absolute atomic E-state index is 11.0. The van der Waals surface area contributed by atoms with Gasteiger partial charge in [-0.05, 0) is 25.0 Å². The Hall–Kier alpha value is -2.59. The fourth-order valence-corrected chi connectivity index (χ4v) is 1.71. The van der Waals surface area contributed by atoms with Gasteiger partial charge in [-0.25, -0.2) is 5.01 Å². The van der Waals surface area contributed by atoms with Gasteiger partial charge in [0.15, 0.2) is 23.9 Å². The number of hydrogen-bond acceptors (Lipinski definition) is 8. The Morgan fingerprint density at radius 2 is 2.09 bits per heavy atom. The summed E-state index contributed by atoms with van der Waals surface area (Å²) in [6, 6.07) is 3.65. The Morgan fingerprint density at radius 1 is 1.45 bits per heavy atom. The second-order valence-corrected chi connectivity index (χ2v) is 4.54. The number of aliphatic hydroxyl groups is 2. The van der Waals surface area contributed by atoms with Crippen LogP contribution in [0.1, 0.15) is 12.5 Å². The second kappa shape index (κ2) is 7.43. The van der Waals surface area contributed by atoms with Crippen LogP contribution >= 0.6 is 0 Å². The fraction of sp³-hybridized carbons (Fsp3) is 0.417. The minimum absolute atomic E-state index is 0.0640. The van der Waals surface area contributed by atoms with Gasteiger partial charge in [-0.2, -0.15) is 0 Å². The van der Waals surface area contributed by atoms with E-state index in [1.165, 1.54) is 6.07 Å². The highest BCUT2D eigenvalue weighted by Gasteiger charge is 2.27. The maximum atomic E-state index is 11.0. The molecular formula is C12H15N3O7. The number of ketones is 1. The lowest BCUT2D eigenvalue weighted by atomic mass is 10.1. The van der Waals surface area contributed by atoms with Crippen molar-refractivity contribution in [3.05, 3.63) is 38.8 Å². The third-order valence-corrected chi connectivity index (χ3v) is 2.98. The lowest BCUT2D eigenvalue weighted by Gasteiger charge is -2.24. The van der Waals surface area contributed by atoms with Gasteiger partial charge in [-0.3, -0.25) is 14.9 Å². The lowest BCUT2D eigenvalue weighted by molar-refractivity contribution is -0.385. The molecule has 1 rings (SSSR count). The Labute approximate surface area is 124 Å². The number of carbonyl (C=O) groups is 1.